The van der Waals surface area contributed by atoms with Crippen molar-refractivity contribution in [1.82, 2.24) is 14.6 Å². The molecule has 0 saturated carbocycles. The van der Waals surface area contributed by atoms with Crippen molar-refractivity contribution in [2.45, 2.75) is 40.2 Å². The third-order valence-electron chi connectivity index (χ3n) is 5.45. The molecule has 0 saturated heterocycles. The van der Waals surface area contributed by atoms with Crippen LogP contribution in [0.25, 0.3) is 16.8 Å². The van der Waals surface area contributed by atoms with Crippen molar-refractivity contribution in [2.75, 3.05) is 5.32 Å². The number of nitriles is 1. The minimum Gasteiger partial charge on any atom is -0.366 e. The SMILES string of the molecule is CCc1cc(NCc2ccc(-c3ccccc3C#N)cc2)n2nc(CC)c(C)c2n1. The van der Waals surface area contributed by atoms with E-state index >= 15 is 0 Å². The van der Waals surface area contributed by atoms with E-state index < -0.39 is 0 Å². The third-order valence-corrected chi connectivity index (χ3v) is 5.45. The van der Waals surface area contributed by atoms with E-state index in [-0.39, 0.29) is 0 Å². The molecule has 0 spiro atoms. The monoisotopic (exact) mass is 395 g/mol. The molecule has 4 rings (SSSR count). The number of nitrogens with one attached hydrogen (secondary N) is 1. The number of nitrogens with zero attached hydrogens (tertiary/aromatic N) is 4. The number of benzene rings is 2. The maximum atomic E-state index is 9.34. The summed E-state index contributed by atoms with van der Waals surface area (Å²) in [6.07, 6.45) is 1.77. The Labute approximate surface area is 177 Å². The zero-order chi connectivity index (χ0) is 21.1. The number of hydrogen-bond donors (Lipinski definition) is 1. The highest BCUT2D eigenvalue weighted by molar-refractivity contribution is 5.70. The highest BCUT2D eigenvalue weighted by atomic mass is 15.3. The summed E-state index contributed by atoms with van der Waals surface area (Å²) in [5.74, 6) is 0.957. The Morgan fingerprint density at radius 1 is 1.03 bits per heavy atom. The summed E-state index contributed by atoms with van der Waals surface area (Å²) < 4.78 is 1.92. The average Bonchev–Trinajstić information content (AvgIpc) is 3.13. The smallest absolute Gasteiger partial charge is 0.160 e. The summed E-state index contributed by atoms with van der Waals surface area (Å²) >= 11 is 0. The van der Waals surface area contributed by atoms with E-state index in [1.807, 2.05) is 28.8 Å². The minimum absolute atomic E-state index is 0.683. The molecule has 0 fully saturated rings. The van der Waals surface area contributed by atoms with Crippen LogP contribution in [0.5, 0.6) is 0 Å². The fourth-order valence-electron chi connectivity index (χ4n) is 3.69. The molecule has 30 heavy (non-hydrogen) atoms. The van der Waals surface area contributed by atoms with Gasteiger partial charge in [-0.2, -0.15) is 14.9 Å². The summed E-state index contributed by atoms with van der Waals surface area (Å²) in [6, 6.07) is 20.4. The average molecular weight is 396 g/mol. The second kappa shape index (κ2) is 8.38. The van der Waals surface area contributed by atoms with Crippen molar-refractivity contribution in [3.05, 3.63) is 82.7 Å². The van der Waals surface area contributed by atoms with Gasteiger partial charge in [-0.3, -0.25) is 0 Å². The van der Waals surface area contributed by atoms with Crippen LogP contribution in [-0.2, 0) is 19.4 Å². The van der Waals surface area contributed by atoms with Crippen molar-refractivity contribution < 1.29 is 0 Å². The first-order valence-electron chi connectivity index (χ1n) is 10.3. The van der Waals surface area contributed by atoms with Crippen LogP contribution in [0.2, 0.25) is 0 Å². The molecule has 0 unspecified atom stereocenters. The molecular weight excluding hydrogens is 370 g/mol. The maximum Gasteiger partial charge on any atom is 0.160 e. The van der Waals surface area contributed by atoms with Crippen LogP contribution in [0.1, 0.15) is 41.9 Å². The van der Waals surface area contributed by atoms with E-state index in [0.29, 0.717) is 12.1 Å². The molecule has 2 heterocycles. The van der Waals surface area contributed by atoms with E-state index in [1.54, 1.807) is 0 Å². The van der Waals surface area contributed by atoms with Gasteiger partial charge in [0.1, 0.15) is 5.82 Å². The van der Waals surface area contributed by atoms with Gasteiger partial charge in [-0.15, -0.1) is 0 Å². The zero-order valence-electron chi connectivity index (χ0n) is 17.6. The molecule has 0 bridgehead atoms. The van der Waals surface area contributed by atoms with E-state index in [9.17, 15) is 5.26 Å². The number of aromatic nitrogens is 3. The zero-order valence-corrected chi connectivity index (χ0v) is 17.6. The van der Waals surface area contributed by atoms with Gasteiger partial charge in [-0.25, -0.2) is 4.98 Å². The summed E-state index contributed by atoms with van der Waals surface area (Å²) in [7, 11) is 0. The van der Waals surface area contributed by atoms with Gasteiger partial charge in [0.25, 0.3) is 0 Å². The van der Waals surface area contributed by atoms with Crippen molar-refractivity contribution >= 4 is 11.5 Å². The molecule has 0 aliphatic heterocycles. The second-order valence-electron chi connectivity index (χ2n) is 7.35. The Morgan fingerprint density at radius 3 is 2.50 bits per heavy atom. The van der Waals surface area contributed by atoms with Gasteiger partial charge in [0, 0.05) is 23.9 Å². The van der Waals surface area contributed by atoms with Crippen LogP contribution >= 0.6 is 0 Å². The Balaban J connectivity index is 1.59. The Bertz CT molecular complexity index is 1230. The molecule has 1 N–H and O–H groups in total. The van der Waals surface area contributed by atoms with Gasteiger partial charge in [0.05, 0.1) is 17.3 Å². The molecule has 150 valence electrons. The largest absolute Gasteiger partial charge is 0.366 e. The lowest BCUT2D eigenvalue weighted by molar-refractivity contribution is 0.868. The quantitative estimate of drug-likeness (QED) is 0.480. The predicted molar refractivity (Wildman–Crippen MR) is 120 cm³/mol. The van der Waals surface area contributed by atoms with E-state index in [4.69, 9.17) is 10.1 Å². The van der Waals surface area contributed by atoms with Crippen LogP contribution in [-0.4, -0.2) is 14.6 Å². The van der Waals surface area contributed by atoms with Gasteiger partial charge in [0.2, 0.25) is 0 Å². The van der Waals surface area contributed by atoms with Gasteiger partial charge < -0.3 is 5.32 Å². The molecule has 0 atom stereocenters. The number of hydrogen-bond acceptors (Lipinski definition) is 4. The molecule has 0 radical (unpaired) electrons. The topological polar surface area (TPSA) is 66.0 Å². The van der Waals surface area contributed by atoms with Crippen molar-refractivity contribution in [2.24, 2.45) is 0 Å². The fourth-order valence-corrected chi connectivity index (χ4v) is 3.69. The first-order valence-corrected chi connectivity index (χ1v) is 10.3. The lowest BCUT2D eigenvalue weighted by atomic mass is 9.99. The van der Waals surface area contributed by atoms with Crippen molar-refractivity contribution in [3.8, 4) is 17.2 Å². The lowest BCUT2D eigenvalue weighted by Crippen LogP contribution is -2.07. The van der Waals surface area contributed by atoms with Gasteiger partial charge in [0.15, 0.2) is 5.65 Å². The summed E-state index contributed by atoms with van der Waals surface area (Å²) in [4.78, 5) is 4.77. The van der Waals surface area contributed by atoms with Crippen LogP contribution in [0.4, 0.5) is 5.82 Å². The van der Waals surface area contributed by atoms with Crippen LogP contribution in [0.3, 0.4) is 0 Å². The molecule has 0 amide bonds. The molecule has 0 aliphatic carbocycles. The van der Waals surface area contributed by atoms with Crippen molar-refractivity contribution in [1.29, 1.82) is 5.26 Å². The number of rotatable bonds is 6. The number of aryl methyl sites for hydroxylation is 3. The standard InChI is InChI=1S/C25H25N5/c1-4-21-14-24(30-25(28-21)17(3)23(5-2)29-30)27-16-18-10-12-19(13-11-18)22-9-7-6-8-20(22)15-26/h6-14,27H,4-5,16H2,1-3H3. The first-order chi connectivity index (χ1) is 14.6. The molecule has 2 aromatic heterocycles. The van der Waals surface area contributed by atoms with Crippen LogP contribution in [0.15, 0.2) is 54.6 Å². The first kappa shape index (κ1) is 19.7. The highest BCUT2D eigenvalue weighted by Gasteiger charge is 2.13. The van der Waals surface area contributed by atoms with E-state index in [0.717, 1.165) is 57.9 Å². The fraction of sp³-hybridized carbons (Fsp3) is 0.240. The van der Waals surface area contributed by atoms with E-state index in [2.05, 4.69) is 62.5 Å². The Kier molecular flexibility index (Phi) is 5.49. The summed E-state index contributed by atoms with van der Waals surface area (Å²) in [5, 5.41) is 17.6. The number of fused-ring (bicyclic) bond motifs is 1. The number of anilines is 1. The second-order valence-corrected chi connectivity index (χ2v) is 7.35. The molecule has 4 aromatic rings. The summed E-state index contributed by atoms with van der Waals surface area (Å²) in [5.41, 5.74) is 8.07. The van der Waals surface area contributed by atoms with Gasteiger partial charge in [-0.05, 0) is 42.5 Å². The highest BCUT2D eigenvalue weighted by Crippen LogP contribution is 2.24. The minimum atomic E-state index is 0.683. The lowest BCUT2D eigenvalue weighted by Gasteiger charge is -2.11. The normalized spacial score (nSPS) is 10.9. The summed E-state index contributed by atoms with van der Waals surface area (Å²) in [6.45, 7) is 7.01. The maximum absolute atomic E-state index is 9.34. The van der Waals surface area contributed by atoms with Gasteiger partial charge >= 0.3 is 0 Å². The molecule has 5 nitrogen and oxygen atoms in total. The Morgan fingerprint density at radius 2 is 1.80 bits per heavy atom. The molecule has 2 aromatic carbocycles. The molecule has 5 heteroatoms. The van der Waals surface area contributed by atoms with Crippen molar-refractivity contribution in [3.63, 3.8) is 0 Å². The van der Waals surface area contributed by atoms with Crippen LogP contribution in [0, 0.1) is 18.3 Å². The van der Waals surface area contributed by atoms with E-state index in [1.165, 1.54) is 0 Å². The Hall–Kier alpha value is -3.65. The molecular formula is C25H25N5. The third kappa shape index (κ3) is 3.65. The van der Waals surface area contributed by atoms with Gasteiger partial charge in [-0.1, -0.05) is 56.3 Å². The predicted octanol–water partition coefficient (Wildman–Crippen LogP) is 5.31. The molecule has 0 aliphatic rings. The van der Waals surface area contributed by atoms with Crippen LogP contribution < -0.4 is 5.32 Å².